The Morgan fingerprint density at radius 2 is 1.74 bits per heavy atom. The minimum Gasteiger partial charge on any atom is -0.497 e. The molecule has 0 bridgehead atoms. The molecule has 4 rings (SSSR count). The molecule has 1 N–H and O–H groups in total. The molecule has 0 unspecified atom stereocenters. The van der Waals surface area contributed by atoms with E-state index in [4.69, 9.17) is 4.74 Å². The molecule has 0 aliphatic carbocycles. The van der Waals surface area contributed by atoms with Crippen LogP contribution in [0, 0.1) is 0 Å². The van der Waals surface area contributed by atoms with E-state index in [2.05, 4.69) is 15.2 Å². The molecule has 3 aromatic rings. The second kappa shape index (κ2) is 10.1. The van der Waals surface area contributed by atoms with Crippen LogP contribution in [0.5, 0.6) is 5.75 Å². The van der Waals surface area contributed by atoms with E-state index in [0.29, 0.717) is 43.4 Å². The van der Waals surface area contributed by atoms with Crippen LogP contribution < -0.4 is 15.0 Å². The van der Waals surface area contributed by atoms with Gasteiger partial charge >= 0.3 is 6.18 Å². The zero-order valence-corrected chi connectivity index (χ0v) is 18.6. The van der Waals surface area contributed by atoms with Gasteiger partial charge in [0.1, 0.15) is 17.6 Å². The Kier molecular flexibility index (Phi) is 7.02. The van der Waals surface area contributed by atoms with E-state index in [0.717, 1.165) is 17.8 Å². The molecular formula is C25H25F3N4O2. The lowest BCUT2D eigenvalue weighted by Gasteiger charge is -2.39. The minimum absolute atomic E-state index is 0.166. The number of ether oxygens (including phenoxy) is 1. The third-order valence-electron chi connectivity index (χ3n) is 5.78. The Labute approximate surface area is 196 Å². The molecule has 1 aliphatic heterocycles. The number of rotatable bonds is 6. The fraction of sp³-hybridized carbons (Fsp3) is 0.280. The van der Waals surface area contributed by atoms with Crippen molar-refractivity contribution in [2.24, 2.45) is 0 Å². The highest BCUT2D eigenvalue weighted by Crippen LogP contribution is 2.30. The topological polar surface area (TPSA) is 57.7 Å². The molecule has 1 aromatic heterocycles. The highest BCUT2D eigenvalue weighted by Gasteiger charge is 2.33. The first-order chi connectivity index (χ1) is 16.3. The Bertz CT molecular complexity index is 1100. The fourth-order valence-corrected chi connectivity index (χ4v) is 4.02. The Morgan fingerprint density at radius 1 is 1.00 bits per heavy atom. The van der Waals surface area contributed by atoms with Crippen molar-refractivity contribution in [2.45, 2.75) is 12.2 Å². The number of aromatic nitrogens is 1. The summed E-state index contributed by atoms with van der Waals surface area (Å²) in [4.78, 5) is 21.4. The van der Waals surface area contributed by atoms with Crippen molar-refractivity contribution < 1.29 is 22.7 Å². The van der Waals surface area contributed by atoms with Gasteiger partial charge in [-0.05, 0) is 29.8 Å². The molecule has 9 heteroatoms. The number of methoxy groups -OCH3 is 1. The molecule has 2 heterocycles. The maximum absolute atomic E-state index is 13.4. The van der Waals surface area contributed by atoms with Crippen molar-refractivity contribution in [3.05, 3.63) is 84.1 Å². The van der Waals surface area contributed by atoms with E-state index in [1.807, 2.05) is 41.3 Å². The van der Waals surface area contributed by atoms with Gasteiger partial charge in [-0.3, -0.25) is 9.69 Å². The first-order valence-corrected chi connectivity index (χ1v) is 10.9. The lowest BCUT2D eigenvalue weighted by atomic mass is 10.0. The number of piperazine rings is 1. The second-order valence-electron chi connectivity index (χ2n) is 7.96. The number of hydrogen-bond donors (Lipinski definition) is 1. The van der Waals surface area contributed by atoms with Crippen LogP contribution in [-0.2, 0) is 11.0 Å². The number of pyridine rings is 1. The average Bonchev–Trinajstić information content (AvgIpc) is 2.85. The summed E-state index contributed by atoms with van der Waals surface area (Å²) in [5, 5.41) is 2.98. The maximum atomic E-state index is 13.4. The van der Waals surface area contributed by atoms with Crippen molar-refractivity contribution in [2.75, 3.05) is 43.5 Å². The first-order valence-electron chi connectivity index (χ1n) is 10.9. The number of nitrogens with zero attached hydrogens (tertiary/aromatic N) is 3. The van der Waals surface area contributed by atoms with E-state index in [1.54, 1.807) is 25.3 Å². The van der Waals surface area contributed by atoms with Crippen LogP contribution in [0.15, 0.2) is 72.9 Å². The standard InChI is InChI=1S/C25H25F3N4O2/c1-34-21-9-5-8-20(16-21)30-24(33)23(18-6-3-2-4-7-18)32-14-12-31(13-15-32)22-11-10-19(17-29-22)25(26,27)28/h2-11,16-17,23H,12-15H2,1H3,(H,30,33)/t23-/m0/s1. The third kappa shape index (κ3) is 5.48. The molecule has 1 amide bonds. The van der Waals surface area contributed by atoms with E-state index < -0.39 is 17.8 Å². The summed E-state index contributed by atoms with van der Waals surface area (Å²) >= 11 is 0. The molecule has 2 aromatic carbocycles. The molecule has 1 atom stereocenters. The Morgan fingerprint density at radius 3 is 2.35 bits per heavy atom. The molecule has 34 heavy (non-hydrogen) atoms. The van der Waals surface area contributed by atoms with Gasteiger partial charge < -0.3 is 15.0 Å². The normalized spacial score (nSPS) is 15.6. The summed E-state index contributed by atoms with van der Waals surface area (Å²) in [6, 6.07) is 18.6. The Hall–Kier alpha value is -3.59. The van der Waals surface area contributed by atoms with Gasteiger partial charge in [-0.2, -0.15) is 13.2 Å². The van der Waals surface area contributed by atoms with Crippen LogP contribution >= 0.6 is 0 Å². The highest BCUT2D eigenvalue weighted by molar-refractivity contribution is 5.95. The minimum atomic E-state index is -4.41. The molecule has 1 aliphatic rings. The molecule has 1 fully saturated rings. The number of halogens is 3. The maximum Gasteiger partial charge on any atom is 0.417 e. The van der Waals surface area contributed by atoms with Gasteiger partial charge in [0.05, 0.1) is 12.7 Å². The van der Waals surface area contributed by atoms with Gasteiger partial charge in [-0.25, -0.2) is 4.98 Å². The predicted molar refractivity (Wildman–Crippen MR) is 124 cm³/mol. The largest absolute Gasteiger partial charge is 0.497 e. The number of alkyl halides is 3. The second-order valence-corrected chi connectivity index (χ2v) is 7.96. The van der Waals surface area contributed by atoms with Gasteiger partial charge in [0.25, 0.3) is 0 Å². The third-order valence-corrected chi connectivity index (χ3v) is 5.78. The molecular weight excluding hydrogens is 445 g/mol. The summed E-state index contributed by atoms with van der Waals surface area (Å²) in [5.41, 5.74) is 0.732. The van der Waals surface area contributed by atoms with Gasteiger partial charge in [0.2, 0.25) is 5.91 Å². The SMILES string of the molecule is COc1cccc(NC(=O)[C@H](c2ccccc2)N2CCN(c3ccc(C(F)(F)F)cn3)CC2)c1. The number of amides is 1. The van der Waals surface area contributed by atoms with E-state index >= 15 is 0 Å². The van der Waals surface area contributed by atoms with Crippen molar-refractivity contribution in [3.8, 4) is 5.75 Å². The van der Waals surface area contributed by atoms with E-state index in [1.165, 1.54) is 6.07 Å². The zero-order chi connectivity index (χ0) is 24.1. The summed E-state index contributed by atoms with van der Waals surface area (Å²) < 4.78 is 43.7. The number of carbonyl (C=O) groups excluding carboxylic acids is 1. The van der Waals surface area contributed by atoms with Crippen LogP contribution in [0.2, 0.25) is 0 Å². The van der Waals surface area contributed by atoms with E-state index in [9.17, 15) is 18.0 Å². The van der Waals surface area contributed by atoms with Crippen LogP contribution in [0.1, 0.15) is 17.2 Å². The zero-order valence-electron chi connectivity index (χ0n) is 18.6. The number of benzene rings is 2. The Balaban J connectivity index is 1.48. The van der Waals surface area contributed by atoms with Crippen LogP contribution in [-0.4, -0.2) is 49.1 Å². The lowest BCUT2D eigenvalue weighted by Crippen LogP contribution is -2.50. The molecule has 1 saturated heterocycles. The van der Waals surface area contributed by atoms with Crippen LogP contribution in [0.3, 0.4) is 0 Å². The summed E-state index contributed by atoms with van der Waals surface area (Å²) in [5.74, 6) is 0.969. The quantitative estimate of drug-likeness (QED) is 0.570. The summed E-state index contributed by atoms with van der Waals surface area (Å²) in [6.07, 6.45) is -3.56. The van der Waals surface area contributed by atoms with Crippen molar-refractivity contribution in [1.29, 1.82) is 0 Å². The van der Waals surface area contributed by atoms with Gasteiger partial charge in [0, 0.05) is 44.1 Å². The monoisotopic (exact) mass is 470 g/mol. The average molecular weight is 470 g/mol. The lowest BCUT2D eigenvalue weighted by molar-refractivity contribution is -0.137. The predicted octanol–water partition coefficient (Wildman–Crippen LogP) is 4.61. The smallest absolute Gasteiger partial charge is 0.417 e. The van der Waals surface area contributed by atoms with Gasteiger partial charge in [-0.15, -0.1) is 0 Å². The molecule has 6 nitrogen and oxygen atoms in total. The molecule has 0 saturated carbocycles. The van der Waals surface area contributed by atoms with Crippen molar-refractivity contribution in [1.82, 2.24) is 9.88 Å². The number of hydrogen-bond acceptors (Lipinski definition) is 5. The number of nitrogens with one attached hydrogen (secondary N) is 1. The van der Waals surface area contributed by atoms with E-state index in [-0.39, 0.29) is 5.91 Å². The summed E-state index contributed by atoms with van der Waals surface area (Å²) in [7, 11) is 1.57. The van der Waals surface area contributed by atoms with Crippen molar-refractivity contribution in [3.63, 3.8) is 0 Å². The van der Waals surface area contributed by atoms with Crippen molar-refractivity contribution >= 4 is 17.4 Å². The van der Waals surface area contributed by atoms with Gasteiger partial charge in [-0.1, -0.05) is 36.4 Å². The highest BCUT2D eigenvalue weighted by atomic mass is 19.4. The number of anilines is 2. The van der Waals surface area contributed by atoms with Crippen LogP contribution in [0.4, 0.5) is 24.7 Å². The first kappa shape index (κ1) is 23.6. The summed E-state index contributed by atoms with van der Waals surface area (Å²) in [6.45, 7) is 2.17. The number of carbonyl (C=O) groups is 1. The van der Waals surface area contributed by atoms with Gasteiger partial charge in [0.15, 0.2) is 0 Å². The molecule has 178 valence electrons. The fourth-order valence-electron chi connectivity index (χ4n) is 4.02. The molecule has 0 radical (unpaired) electrons. The molecule has 0 spiro atoms. The van der Waals surface area contributed by atoms with Crippen LogP contribution in [0.25, 0.3) is 0 Å².